The van der Waals surface area contributed by atoms with Gasteiger partial charge in [-0.05, 0) is 55.0 Å². The lowest BCUT2D eigenvalue weighted by molar-refractivity contribution is 0.482. The predicted octanol–water partition coefficient (Wildman–Crippen LogP) is 4.89. The second kappa shape index (κ2) is 7.31. The first-order valence-corrected chi connectivity index (χ1v) is 7.22. The predicted molar refractivity (Wildman–Crippen MR) is 88.3 cm³/mol. The van der Waals surface area contributed by atoms with Crippen molar-refractivity contribution >= 4 is 21.6 Å². The zero-order chi connectivity index (χ0) is 15.9. The Balaban J connectivity index is 2.13. The summed E-state index contributed by atoms with van der Waals surface area (Å²) in [5, 5.41) is 20.3. The van der Waals surface area contributed by atoms with Gasteiger partial charge in [0, 0.05) is 16.4 Å². The van der Waals surface area contributed by atoms with Crippen molar-refractivity contribution in [3.8, 4) is 23.6 Å². The molecule has 22 heavy (non-hydrogen) atoms. The van der Waals surface area contributed by atoms with Crippen LogP contribution in [0.2, 0.25) is 0 Å². The first-order chi connectivity index (χ1) is 10.6. The molecule has 0 aliphatic heterocycles. The summed E-state index contributed by atoms with van der Waals surface area (Å²) in [6.45, 7) is 1.92. The van der Waals surface area contributed by atoms with E-state index in [1.165, 1.54) is 6.20 Å². The summed E-state index contributed by atoms with van der Waals surface area (Å²) in [6, 6.07) is 16.7. The molecule has 108 valence electrons. The number of nitriles is 2. The van der Waals surface area contributed by atoms with Gasteiger partial charge in [0.15, 0.2) is 0 Å². The maximum Gasteiger partial charge on any atom is 0.145 e. The zero-order valence-electron chi connectivity index (χ0n) is 11.8. The van der Waals surface area contributed by atoms with E-state index in [4.69, 9.17) is 15.3 Å². The van der Waals surface area contributed by atoms with Crippen LogP contribution in [0.1, 0.15) is 5.56 Å². The fourth-order valence-electron chi connectivity index (χ4n) is 1.74. The Morgan fingerprint density at radius 2 is 1.73 bits per heavy atom. The van der Waals surface area contributed by atoms with Gasteiger partial charge in [-0.3, -0.25) is 0 Å². The maximum absolute atomic E-state index is 8.70. The normalized spacial score (nSPS) is 9.27. The largest absolute Gasteiger partial charge is 0.457 e. The molecule has 0 radical (unpaired) electrons. The van der Waals surface area contributed by atoms with Gasteiger partial charge in [-0.2, -0.15) is 10.5 Å². The van der Waals surface area contributed by atoms with E-state index in [1.54, 1.807) is 12.1 Å². The molecule has 0 aliphatic carbocycles. The Hall–Kier alpha value is -2.76. The van der Waals surface area contributed by atoms with Crippen LogP contribution in [0.25, 0.3) is 0 Å². The fraction of sp³-hybridized carbons (Fsp3) is 0.0588. The van der Waals surface area contributed by atoms with Crippen LogP contribution in [0.5, 0.6) is 11.5 Å². The van der Waals surface area contributed by atoms with E-state index in [0.29, 0.717) is 0 Å². The minimum Gasteiger partial charge on any atom is -0.457 e. The third kappa shape index (κ3) is 4.12. The molecule has 0 aliphatic rings. The smallest absolute Gasteiger partial charge is 0.145 e. The number of allylic oxidation sites excluding steroid dienone is 1. The Morgan fingerprint density at radius 3 is 2.32 bits per heavy atom. The van der Waals surface area contributed by atoms with Crippen LogP contribution in [0.15, 0.2) is 58.7 Å². The number of rotatable bonds is 4. The first-order valence-electron chi connectivity index (χ1n) is 6.43. The zero-order valence-corrected chi connectivity index (χ0v) is 13.4. The van der Waals surface area contributed by atoms with E-state index in [9.17, 15) is 0 Å². The summed E-state index contributed by atoms with van der Waals surface area (Å²) in [5.74, 6) is 1.47. The molecule has 0 atom stereocenters. The van der Waals surface area contributed by atoms with Crippen LogP contribution in [-0.2, 0) is 0 Å². The third-order valence-electron chi connectivity index (χ3n) is 2.86. The van der Waals surface area contributed by atoms with Gasteiger partial charge in [-0.15, -0.1) is 0 Å². The third-order valence-corrected chi connectivity index (χ3v) is 3.39. The molecule has 1 N–H and O–H groups in total. The summed E-state index contributed by atoms with van der Waals surface area (Å²) in [5.41, 5.74) is 1.78. The topological polar surface area (TPSA) is 68.8 Å². The van der Waals surface area contributed by atoms with Crippen molar-refractivity contribution in [3.63, 3.8) is 0 Å². The standard InChI is InChI=1S/C17H12BrN3O/c1-12-8-16(22-15-4-2-14(18)3-5-15)6-7-17(12)21-11-13(9-19)10-20/h2-8,11,21H,1H3. The second-order valence-corrected chi connectivity index (χ2v) is 5.37. The van der Waals surface area contributed by atoms with Crippen LogP contribution in [-0.4, -0.2) is 0 Å². The van der Waals surface area contributed by atoms with Crippen LogP contribution in [0.3, 0.4) is 0 Å². The van der Waals surface area contributed by atoms with E-state index in [2.05, 4.69) is 21.2 Å². The van der Waals surface area contributed by atoms with E-state index < -0.39 is 0 Å². The number of halogens is 1. The summed E-state index contributed by atoms with van der Waals surface area (Å²) in [4.78, 5) is 0. The number of ether oxygens (including phenoxy) is 1. The number of aryl methyl sites for hydroxylation is 1. The van der Waals surface area contributed by atoms with E-state index in [1.807, 2.05) is 49.4 Å². The Morgan fingerprint density at radius 1 is 1.09 bits per heavy atom. The lowest BCUT2D eigenvalue weighted by atomic mass is 10.2. The quantitative estimate of drug-likeness (QED) is 0.794. The monoisotopic (exact) mass is 353 g/mol. The lowest BCUT2D eigenvalue weighted by Crippen LogP contribution is -1.93. The molecular formula is C17H12BrN3O. The number of benzene rings is 2. The van der Waals surface area contributed by atoms with Gasteiger partial charge < -0.3 is 10.1 Å². The molecule has 2 rings (SSSR count). The highest BCUT2D eigenvalue weighted by atomic mass is 79.9. The van der Waals surface area contributed by atoms with Crippen LogP contribution >= 0.6 is 15.9 Å². The average molecular weight is 354 g/mol. The summed E-state index contributed by atoms with van der Waals surface area (Å²) in [7, 11) is 0. The van der Waals surface area contributed by atoms with Crippen LogP contribution in [0.4, 0.5) is 5.69 Å². The van der Waals surface area contributed by atoms with Gasteiger partial charge in [0.05, 0.1) is 0 Å². The van der Waals surface area contributed by atoms with Crippen molar-refractivity contribution < 1.29 is 4.74 Å². The molecule has 0 saturated heterocycles. The molecule has 0 aromatic heterocycles. The van der Waals surface area contributed by atoms with E-state index >= 15 is 0 Å². The van der Waals surface area contributed by atoms with Crippen molar-refractivity contribution in [1.82, 2.24) is 0 Å². The summed E-state index contributed by atoms with van der Waals surface area (Å²) >= 11 is 3.38. The number of nitrogens with one attached hydrogen (secondary N) is 1. The number of hydrogen-bond acceptors (Lipinski definition) is 4. The van der Waals surface area contributed by atoms with Crippen molar-refractivity contribution in [2.75, 3.05) is 5.32 Å². The second-order valence-electron chi connectivity index (χ2n) is 4.46. The van der Waals surface area contributed by atoms with Crippen molar-refractivity contribution in [2.45, 2.75) is 6.92 Å². The van der Waals surface area contributed by atoms with Gasteiger partial charge >= 0.3 is 0 Å². The maximum atomic E-state index is 8.70. The molecule has 0 bridgehead atoms. The van der Waals surface area contributed by atoms with E-state index in [0.717, 1.165) is 27.2 Å². The van der Waals surface area contributed by atoms with Gasteiger partial charge in [0.25, 0.3) is 0 Å². The van der Waals surface area contributed by atoms with Crippen molar-refractivity contribution in [3.05, 3.63) is 64.3 Å². The van der Waals surface area contributed by atoms with Crippen molar-refractivity contribution in [1.29, 1.82) is 10.5 Å². The molecule has 0 spiro atoms. The molecule has 2 aromatic rings. The molecule has 0 fully saturated rings. The van der Waals surface area contributed by atoms with E-state index in [-0.39, 0.29) is 5.57 Å². The molecule has 0 heterocycles. The minimum atomic E-state index is 0.0228. The highest BCUT2D eigenvalue weighted by Crippen LogP contribution is 2.27. The van der Waals surface area contributed by atoms with Gasteiger partial charge in [-0.1, -0.05) is 15.9 Å². The van der Waals surface area contributed by atoms with Crippen LogP contribution < -0.4 is 10.1 Å². The molecule has 2 aromatic carbocycles. The summed E-state index contributed by atoms with van der Waals surface area (Å²) < 4.78 is 6.76. The molecule has 0 amide bonds. The lowest BCUT2D eigenvalue weighted by Gasteiger charge is -2.10. The minimum absolute atomic E-state index is 0.0228. The van der Waals surface area contributed by atoms with Crippen LogP contribution in [0, 0.1) is 29.6 Å². The average Bonchev–Trinajstić information content (AvgIpc) is 2.52. The number of anilines is 1. The van der Waals surface area contributed by atoms with Gasteiger partial charge in [-0.25, -0.2) is 0 Å². The molecule has 0 saturated carbocycles. The molecular weight excluding hydrogens is 342 g/mol. The van der Waals surface area contributed by atoms with Gasteiger partial charge in [0.1, 0.15) is 29.2 Å². The number of nitrogens with zero attached hydrogens (tertiary/aromatic N) is 2. The Bertz CT molecular complexity index is 767. The Labute approximate surface area is 137 Å². The summed E-state index contributed by atoms with van der Waals surface area (Å²) in [6.07, 6.45) is 1.39. The molecule has 0 unspecified atom stereocenters. The Kier molecular flexibility index (Phi) is 5.19. The molecule has 4 nitrogen and oxygen atoms in total. The number of hydrogen-bond donors (Lipinski definition) is 1. The fourth-order valence-corrected chi connectivity index (χ4v) is 2.00. The van der Waals surface area contributed by atoms with Crippen molar-refractivity contribution in [2.24, 2.45) is 0 Å². The van der Waals surface area contributed by atoms with Gasteiger partial charge in [0.2, 0.25) is 0 Å². The first kappa shape index (κ1) is 15.6. The molecule has 5 heteroatoms. The highest BCUT2D eigenvalue weighted by Gasteiger charge is 2.02. The SMILES string of the molecule is Cc1cc(Oc2ccc(Br)cc2)ccc1NC=C(C#N)C#N. The highest BCUT2D eigenvalue weighted by molar-refractivity contribution is 9.10.